The predicted octanol–water partition coefficient (Wildman–Crippen LogP) is 3.51. The first kappa shape index (κ1) is 20.0. The largest absolute Gasteiger partial charge is 0.462 e. The van der Waals surface area contributed by atoms with Gasteiger partial charge in [-0.3, -0.25) is 0 Å². The number of rotatable bonds is 6. The fourth-order valence-electron chi connectivity index (χ4n) is 3.87. The lowest BCUT2D eigenvalue weighted by molar-refractivity contribution is -0.144. The normalized spacial score (nSPS) is 34.2. The second-order valence-electron chi connectivity index (χ2n) is 8.63. The van der Waals surface area contributed by atoms with E-state index in [1.807, 2.05) is 41.5 Å². The van der Waals surface area contributed by atoms with Crippen LogP contribution in [0.5, 0.6) is 0 Å². The van der Waals surface area contributed by atoms with Gasteiger partial charge in [0.15, 0.2) is 0 Å². The van der Waals surface area contributed by atoms with Crippen LogP contribution in [0.1, 0.15) is 55.4 Å². The van der Waals surface area contributed by atoms with Gasteiger partial charge in [0.1, 0.15) is 11.2 Å². The highest BCUT2D eigenvalue weighted by molar-refractivity contribution is 6.05. The van der Waals surface area contributed by atoms with Crippen molar-refractivity contribution < 1.29 is 23.8 Å². The van der Waals surface area contributed by atoms with Crippen molar-refractivity contribution in [1.29, 1.82) is 0 Å². The van der Waals surface area contributed by atoms with Gasteiger partial charge in [0.25, 0.3) is 0 Å². The Hall–Kier alpha value is -1.36. The van der Waals surface area contributed by atoms with Gasteiger partial charge in [0, 0.05) is 0 Å². The molecule has 4 unspecified atom stereocenters. The van der Waals surface area contributed by atoms with E-state index in [1.165, 1.54) is 0 Å². The summed E-state index contributed by atoms with van der Waals surface area (Å²) in [6, 6.07) is 0. The maximum absolute atomic E-state index is 12.8. The van der Waals surface area contributed by atoms with Gasteiger partial charge in [-0.05, 0) is 37.5 Å². The van der Waals surface area contributed by atoms with Crippen molar-refractivity contribution in [2.45, 2.75) is 66.6 Å². The Morgan fingerprint density at radius 2 is 1.20 bits per heavy atom. The van der Waals surface area contributed by atoms with Gasteiger partial charge in [0.05, 0.1) is 24.4 Å². The zero-order valence-electron chi connectivity index (χ0n) is 16.8. The van der Waals surface area contributed by atoms with Crippen LogP contribution in [0.2, 0.25) is 0 Å². The van der Waals surface area contributed by atoms with Gasteiger partial charge in [-0.25, -0.2) is 9.59 Å². The first-order valence-corrected chi connectivity index (χ1v) is 9.24. The average Bonchev–Trinajstić information content (AvgIpc) is 2.86. The van der Waals surface area contributed by atoms with Gasteiger partial charge in [-0.1, -0.05) is 41.5 Å². The van der Waals surface area contributed by atoms with E-state index in [0.717, 1.165) is 0 Å². The molecule has 0 amide bonds. The van der Waals surface area contributed by atoms with Crippen LogP contribution < -0.4 is 0 Å². The van der Waals surface area contributed by atoms with Crippen molar-refractivity contribution in [2.24, 2.45) is 23.7 Å². The Balaban J connectivity index is 2.45. The summed E-state index contributed by atoms with van der Waals surface area (Å²) in [4.78, 5) is 25.6. The number of hydrogen-bond donors (Lipinski definition) is 0. The highest BCUT2D eigenvalue weighted by Crippen LogP contribution is 2.60. The lowest BCUT2D eigenvalue weighted by Crippen LogP contribution is -2.43. The maximum atomic E-state index is 12.8. The minimum atomic E-state index is -0.825. The highest BCUT2D eigenvalue weighted by Gasteiger charge is 2.67. The van der Waals surface area contributed by atoms with Gasteiger partial charge in [-0.2, -0.15) is 0 Å². The Morgan fingerprint density at radius 3 is 1.48 bits per heavy atom. The molecule has 2 heterocycles. The quantitative estimate of drug-likeness (QED) is 0.685. The second-order valence-corrected chi connectivity index (χ2v) is 8.63. The molecule has 25 heavy (non-hydrogen) atoms. The van der Waals surface area contributed by atoms with Gasteiger partial charge in [0.2, 0.25) is 0 Å². The third-order valence-corrected chi connectivity index (χ3v) is 5.66. The molecule has 5 heteroatoms. The van der Waals surface area contributed by atoms with Crippen molar-refractivity contribution in [3.63, 3.8) is 0 Å². The molecule has 0 saturated carbocycles. The molecule has 1 fully saturated rings. The molecule has 2 aliphatic heterocycles. The first-order valence-electron chi connectivity index (χ1n) is 9.24. The summed E-state index contributed by atoms with van der Waals surface area (Å²) in [5.74, 6) is -0.285. The van der Waals surface area contributed by atoms with Crippen LogP contribution in [0.4, 0.5) is 0 Å². The summed E-state index contributed by atoms with van der Waals surface area (Å²) in [5.41, 5.74) is -0.965. The van der Waals surface area contributed by atoms with Gasteiger partial charge >= 0.3 is 11.9 Å². The van der Waals surface area contributed by atoms with Crippen molar-refractivity contribution in [2.75, 3.05) is 13.2 Å². The monoisotopic (exact) mass is 352 g/mol. The average molecular weight is 352 g/mol. The van der Waals surface area contributed by atoms with Crippen LogP contribution in [0, 0.1) is 23.7 Å². The molecule has 0 aromatic rings. The van der Waals surface area contributed by atoms with Gasteiger partial charge in [-0.15, -0.1) is 0 Å². The maximum Gasteiger partial charge on any atom is 0.337 e. The number of hydrogen-bond acceptors (Lipinski definition) is 5. The third-order valence-electron chi connectivity index (χ3n) is 5.66. The van der Waals surface area contributed by atoms with Crippen LogP contribution in [0.15, 0.2) is 11.1 Å². The molecule has 142 valence electrons. The SMILES string of the molecule is CC(C)COC(=O)C1=C(C(=O)OCC(C)C)C2(C)OC1(C)C(C)C2C. The topological polar surface area (TPSA) is 61.8 Å². The van der Waals surface area contributed by atoms with Crippen molar-refractivity contribution >= 4 is 11.9 Å². The van der Waals surface area contributed by atoms with Crippen molar-refractivity contribution in [1.82, 2.24) is 0 Å². The molecule has 2 aliphatic rings. The van der Waals surface area contributed by atoms with E-state index in [2.05, 4.69) is 13.8 Å². The molecular weight excluding hydrogens is 320 g/mol. The van der Waals surface area contributed by atoms with E-state index in [4.69, 9.17) is 14.2 Å². The number of carbonyl (C=O) groups excluding carboxylic acids is 2. The Bertz CT molecular complexity index is 541. The van der Waals surface area contributed by atoms with E-state index < -0.39 is 23.1 Å². The van der Waals surface area contributed by atoms with E-state index in [9.17, 15) is 9.59 Å². The summed E-state index contributed by atoms with van der Waals surface area (Å²) in [6.45, 7) is 16.4. The number of fused-ring (bicyclic) bond motifs is 2. The fraction of sp³-hybridized carbons (Fsp3) is 0.800. The van der Waals surface area contributed by atoms with Crippen LogP contribution in [-0.4, -0.2) is 36.4 Å². The summed E-state index contributed by atoms with van der Waals surface area (Å²) >= 11 is 0. The third kappa shape index (κ3) is 3.23. The molecular formula is C20H32O5. The lowest BCUT2D eigenvalue weighted by Gasteiger charge is -2.34. The molecule has 1 saturated heterocycles. The van der Waals surface area contributed by atoms with Crippen molar-refractivity contribution in [3.05, 3.63) is 11.1 Å². The number of esters is 2. The molecule has 5 nitrogen and oxygen atoms in total. The zero-order chi connectivity index (χ0) is 19.2. The molecule has 0 aromatic carbocycles. The zero-order valence-corrected chi connectivity index (χ0v) is 16.8. The Morgan fingerprint density at radius 1 is 0.880 bits per heavy atom. The molecule has 4 atom stereocenters. The standard InChI is InChI=1S/C20H32O5/c1-11(2)9-23-17(21)15-16(18(22)24-10-12(3)4)20(8)14(6)13(5)19(15,7)25-20/h11-14H,9-10H2,1-8H3. The molecule has 2 rings (SSSR count). The summed E-state index contributed by atoms with van der Waals surface area (Å²) in [6.07, 6.45) is 0. The molecule has 0 N–H and O–H groups in total. The highest BCUT2D eigenvalue weighted by atomic mass is 16.6. The number of ether oxygens (including phenoxy) is 3. The van der Waals surface area contributed by atoms with Crippen molar-refractivity contribution in [3.8, 4) is 0 Å². The van der Waals surface area contributed by atoms with Crippen LogP contribution in [0.25, 0.3) is 0 Å². The lowest BCUT2D eigenvalue weighted by atomic mass is 9.66. The predicted molar refractivity (Wildman–Crippen MR) is 94.8 cm³/mol. The van der Waals surface area contributed by atoms with Crippen LogP contribution in [-0.2, 0) is 23.8 Å². The van der Waals surface area contributed by atoms with E-state index >= 15 is 0 Å². The minimum absolute atomic E-state index is 0.0979. The minimum Gasteiger partial charge on any atom is -0.462 e. The molecule has 0 spiro atoms. The summed E-state index contributed by atoms with van der Waals surface area (Å²) < 4.78 is 17.2. The summed E-state index contributed by atoms with van der Waals surface area (Å²) in [7, 11) is 0. The second kappa shape index (κ2) is 6.75. The Labute approximate surface area is 151 Å². The fourth-order valence-corrected chi connectivity index (χ4v) is 3.87. The first-order chi connectivity index (χ1) is 11.4. The number of carbonyl (C=O) groups is 2. The molecule has 0 radical (unpaired) electrons. The molecule has 0 aliphatic carbocycles. The molecule has 0 aromatic heterocycles. The summed E-state index contributed by atoms with van der Waals surface area (Å²) in [5, 5.41) is 0. The Kier molecular flexibility index (Phi) is 5.39. The van der Waals surface area contributed by atoms with Crippen LogP contribution >= 0.6 is 0 Å². The van der Waals surface area contributed by atoms with E-state index in [0.29, 0.717) is 24.4 Å². The van der Waals surface area contributed by atoms with E-state index in [-0.39, 0.29) is 23.7 Å². The molecule has 2 bridgehead atoms. The smallest absolute Gasteiger partial charge is 0.337 e. The van der Waals surface area contributed by atoms with Crippen LogP contribution in [0.3, 0.4) is 0 Å². The van der Waals surface area contributed by atoms with Gasteiger partial charge < -0.3 is 14.2 Å². The van der Waals surface area contributed by atoms with E-state index in [1.54, 1.807) is 0 Å².